The summed E-state index contributed by atoms with van der Waals surface area (Å²) >= 11 is 1.51. The largest absolute Gasteiger partial charge is 0.337 e. The average molecular weight is 372 g/mol. The van der Waals surface area contributed by atoms with Crippen molar-refractivity contribution in [3.63, 3.8) is 0 Å². The third-order valence-corrected chi connectivity index (χ3v) is 6.45. The highest BCUT2D eigenvalue weighted by Crippen LogP contribution is 2.32. The standard InChI is InChI=1S/C23H20N2OS/c1-15-7-8-20-18(11-15)12-19-13-21(27-22(19)24-20)23(26)25-10-9-17(14-25)16-5-3-2-4-6-16/h2-8,11-13,17H,9-10,14H2,1H3/t17-/m0/s1. The lowest BCUT2D eigenvalue weighted by Gasteiger charge is -2.15. The van der Waals surface area contributed by atoms with E-state index in [1.165, 1.54) is 22.5 Å². The number of rotatable bonds is 2. The van der Waals surface area contributed by atoms with Gasteiger partial charge >= 0.3 is 0 Å². The first-order valence-corrected chi connectivity index (χ1v) is 10.1. The molecule has 4 aromatic rings. The van der Waals surface area contributed by atoms with E-state index in [4.69, 9.17) is 4.98 Å². The summed E-state index contributed by atoms with van der Waals surface area (Å²) < 4.78 is 0. The third-order valence-electron chi connectivity index (χ3n) is 5.41. The Morgan fingerprint density at radius 2 is 1.93 bits per heavy atom. The summed E-state index contributed by atoms with van der Waals surface area (Å²) in [4.78, 5) is 21.5. The number of thiophene rings is 1. The van der Waals surface area contributed by atoms with Crippen molar-refractivity contribution in [3.8, 4) is 0 Å². The van der Waals surface area contributed by atoms with Gasteiger partial charge in [-0.1, -0.05) is 42.0 Å². The van der Waals surface area contributed by atoms with E-state index in [1.54, 1.807) is 0 Å². The molecule has 2 aromatic heterocycles. The molecule has 1 atom stereocenters. The fourth-order valence-electron chi connectivity index (χ4n) is 3.96. The van der Waals surface area contributed by atoms with Gasteiger partial charge < -0.3 is 4.90 Å². The van der Waals surface area contributed by atoms with Gasteiger partial charge in [-0.05, 0) is 43.2 Å². The van der Waals surface area contributed by atoms with Crippen LogP contribution in [0.15, 0.2) is 60.7 Å². The van der Waals surface area contributed by atoms with Crippen LogP contribution in [-0.4, -0.2) is 28.9 Å². The summed E-state index contributed by atoms with van der Waals surface area (Å²) in [7, 11) is 0. The van der Waals surface area contributed by atoms with E-state index in [2.05, 4.69) is 55.5 Å². The molecule has 0 saturated carbocycles. The monoisotopic (exact) mass is 372 g/mol. The molecule has 1 aliphatic rings. The Hall–Kier alpha value is -2.72. The van der Waals surface area contributed by atoms with Crippen LogP contribution in [0.1, 0.15) is 33.1 Å². The Morgan fingerprint density at radius 3 is 2.78 bits per heavy atom. The van der Waals surface area contributed by atoms with Crippen molar-refractivity contribution < 1.29 is 4.79 Å². The number of hydrogen-bond acceptors (Lipinski definition) is 3. The molecule has 27 heavy (non-hydrogen) atoms. The molecule has 1 saturated heterocycles. The number of carbonyl (C=O) groups is 1. The van der Waals surface area contributed by atoms with E-state index in [9.17, 15) is 4.79 Å². The lowest BCUT2D eigenvalue weighted by atomic mass is 9.99. The number of carbonyl (C=O) groups excluding carboxylic acids is 1. The van der Waals surface area contributed by atoms with E-state index < -0.39 is 0 Å². The molecule has 0 unspecified atom stereocenters. The van der Waals surface area contributed by atoms with Gasteiger partial charge in [-0.15, -0.1) is 11.3 Å². The minimum Gasteiger partial charge on any atom is -0.337 e. The van der Waals surface area contributed by atoms with Crippen molar-refractivity contribution in [2.75, 3.05) is 13.1 Å². The zero-order chi connectivity index (χ0) is 18.4. The van der Waals surface area contributed by atoms with Crippen molar-refractivity contribution >= 4 is 38.4 Å². The first-order valence-electron chi connectivity index (χ1n) is 9.32. The first kappa shape index (κ1) is 16.5. The number of fused-ring (bicyclic) bond motifs is 2. The van der Waals surface area contributed by atoms with Gasteiger partial charge in [0.05, 0.1) is 10.4 Å². The van der Waals surface area contributed by atoms with E-state index in [1.807, 2.05) is 17.0 Å². The predicted molar refractivity (Wildman–Crippen MR) is 112 cm³/mol. The normalized spacial score (nSPS) is 17.1. The van der Waals surface area contributed by atoms with Crippen molar-refractivity contribution in [1.29, 1.82) is 0 Å². The number of amides is 1. The molecule has 2 aromatic carbocycles. The summed E-state index contributed by atoms with van der Waals surface area (Å²) in [5, 5.41) is 2.19. The Morgan fingerprint density at radius 1 is 1.07 bits per heavy atom. The maximum absolute atomic E-state index is 13.0. The second-order valence-corrected chi connectivity index (χ2v) is 8.37. The van der Waals surface area contributed by atoms with Crippen LogP contribution in [0.4, 0.5) is 0 Å². The van der Waals surface area contributed by atoms with Gasteiger partial charge in [0.2, 0.25) is 0 Å². The molecule has 0 N–H and O–H groups in total. The maximum atomic E-state index is 13.0. The third kappa shape index (κ3) is 3.00. The van der Waals surface area contributed by atoms with Crippen LogP contribution in [0.5, 0.6) is 0 Å². The topological polar surface area (TPSA) is 33.2 Å². The number of aryl methyl sites for hydroxylation is 1. The van der Waals surface area contributed by atoms with Gasteiger partial charge in [-0.3, -0.25) is 4.79 Å². The Bertz CT molecular complexity index is 1150. The van der Waals surface area contributed by atoms with Crippen LogP contribution in [-0.2, 0) is 0 Å². The second-order valence-electron chi connectivity index (χ2n) is 7.34. The fourth-order valence-corrected chi connectivity index (χ4v) is 4.95. The highest BCUT2D eigenvalue weighted by molar-refractivity contribution is 7.20. The number of likely N-dealkylation sites (tertiary alicyclic amines) is 1. The van der Waals surface area contributed by atoms with Crippen LogP contribution < -0.4 is 0 Å². The number of pyridine rings is 1. The molecule has 0 aliphatic carbocycles. The van der Waals surface area contributed by atoms with Crippen molar-refractivity contribution in [2.24, 2.45) is 0 Å². The summed E-state index contributed by atoms with van der Waals surface area (Å²) in [6.45, 7) is 3.70. The molecule has 0 spiro atoms. The van der Waals surface area contributed by atoms with Crippen LogP contribution in [0, 0.1) is 6.92 Å². The zero-order valence-electron chi connectivity index (χ0n) is 15.2. The Labute approximate surface area is 162 Å². The van der Waals surface area contributed by atoms with E-state index in [0.717, 1.165) is 45.5 Å². The van der Waals surface area contributed by atoms with Gasteiger partial charge in [0, 0.05) is 29.8 Å². The molecule has 3 heterocycles. The number of aromatic nitrogens is 1. The summed E-state index contributed by atoms with van der Waals surface area (Å²) in [6.07, 6.45) is 1.03. The minimum atomic E-state index is 0.136. The van der Waals surface area contributed by atoms with Crippen LogP contribution in [0.3, 0.4) is 0 Å². The average Bonchev–Trinajstić information content (AvgIpc) is 3.33. The number of hydrogen-bond donors (Lipinski definition) is 0. The number of benzene rings is 2. The highest BCUT2D eigenvalue weighted by Gasteiger charge is 2.28. The predicted octanol–water partition coefficient (Wildman–Crippen LogP) is 5.39. The van der Waals surface area contributed by atoms with Crippen molar-refractivity contribution in [3.05, 3.63) is 76.7 Å². The molecular weight excluding hydrogens is 352 g/mol. The molecule has 0 radical (unpaired) electrons. The fraction of sp³-hybridized carbons (Fsp3) is 0.217. The Balaban J connectivity index is 1.43. The molecule has 3 nitrogen and oxygen atoms in total. The van der Waals surface area contributed by atoms with Crippen molar-refractivity contribution in [1.82, 2.24) is 9.88 Å². The molecule has 1 aliphatic heterocycles. The Kier molecular flexibility index (Phi) is 3.94. The maximum Gasteiger partial charge on any atom is 0.264 e. The molecule has 1 amide bonds. The summed E-state index contributed by atoms with van der Waals surface area (Å²) in [5.74, 6) is 0.574. The van der Waals surface area contributed by atoms with E-state index in [-0.39, 0.29) is 5.91 Å². The van der Waals surface area contributed by atoms with Crippen molar-refractivity contribution in [2.45, 2.75) is 19.3 Å². The van der Waals surface area contributed by atoms with Gasteiger partial charge in [0.25, 0.3) is 5.91 Å². The van der Waals surface area contributed by atoms with Crippen LogP contribution in [0.25, 0.3) is 21.1 Å². The SMILES string of the molecule is Cc1ccc2nc3sc(C(=O)N4CC[C@H](c5ccccc5)C4)cc3cc2c1. The lowest BCUT2D eigenvalue weighted by molar-refractivity contribution is 0.0795. The van der Waals surface area contributed by atoms with Crippen LogP contribution >= 0.6 is 11.3 Å². The van der Waals surface area contributed by atoms with E-state index in [0.29, 0.717) is 5.92 Å². The lowest BCUT2D eigenvalue weighted by Crippen LogP contribution is -2.27. The highest BCUT2D eigenvalue weighted by atomic mass is 32.1. The number of nitrogens with zero attached hydrogens (tertiary/aromatic N) is 2. The summed E-state index contributed by atoms with van der Waals surface area (Å²) in [5.41, 5.74) is 3.53. The van der Waals surface area contributed by atoms with Gasteiger partial charge in [0.15, 0.2) is 0 Å². The van der Waals surface area contributed by atoms with Crippen LogP contribution in [0.2, 0.25) is 0 Å². The molecule has 134 valence electrons. The van der Waals surface area contributed by atoms with Gasteiger partial charge in [0.1, 0.15) is 4.83 Å². The molecule has 0 bridgehead atoms. The summed E-state index contributed by atoms with van der Waals surface area (Å²) in [6, 6.07) is 20.9. The smallest absolute Gasteiger partial charge is 0.264 e. The van der Waals surface area contributed by atoms with Gasteiger partial charge in [-0.2, -0.15) is 0 Å². The second kappa shape index (κ2) is 6.46. The first-order chi connectivity index (χ1) is 13.2. The quantitative estimate of drug-likeness (QED) is 0.473. The molecule has 5 rings (SSSR count). The zero-order valence-corrected chi connectivity index (χ0v) is 16.0. The molecule has 1 fully saturated rings. The molecular formula is C23H20N2OS. The van der Waals surface area contributed by atoms with E-state index >= 15 is 0 Å². The van der Waals surface area contributed by atoms with Gasteiger partial charge in [-0.25, -0.2) is 4.98 Å². The minimum absolute atomic E-state index is 0.136. The molecule has 4 heteroatoms.